The number of rotatable bonds is 5. The summed E-state index contributed by atoms with van der Waals surface area (Å²) in [6.45, 7) is 1.93. The van der Waals surface area contributed by atoms with Gasteiger partial charge in [0.2, 0.25) is 11.8 Å². The predicted octanol–water partition coefficient (Wildman–Crippen LogP) is 3.11. The van der Waals surface area contributed by atoms with Gasteiger partial charge in [0, 0.05) is 32.8 Å². The van der Waals surface area contributed by atoms with Gasteiger partial charge >= 0.3 is 0 Å². The van der Waals surface area contributed by atoms with Gasteiger partial charge in [-0.05, 0) is 37.3 Å². The van der Waals surface area contributed by atoms with Crippen LogP contribution in [-0.4, -0.2) is 51.1 Å². The van der Waals surface area contributed by atoms with E-state index in [4.69, 9.17) is 0 Å². The van der Waals surface area contributed by atoms with Crippen LogP contribution in [0.3, 0.4) is 0 Å². The Labute approximate surface area is 166 Å². The normalized spacial score (nSPS) is 21.2. The lowest BCUT2D eigenvalue weighted by atomic mass is 9.87. The van der Waals surface area contributed by atoms with Crippen molar-refractivity contribution < 1.29 is 9.59 Å². The van der Waals surface area contributed by atoms with Crippen molar-refractivity contribution in [3.8, 4) is 0 Å². The summed E-state index contributed by atoms with van der Waals surface area (Å²) < 4.78 is 2.02. The second-order valence-electron chi connectivity index (χ2n) is 8.41. The number of pyridine rings is 1. The van der Waals surface area contributed by atoms with E-state index in [1.807, 2.05) is 46.9 Å². The highest BCUT2D eigenvalue weighted by Gasteiger charge is 2.33. The van der Waals surface area contributed by atoms with E-state index in [0.29, 0.717) is 31.8 Å². The number of hydrogen-bond acceptors (Lipinski definition) is 3. The van der Waals surface area contributed by atoms with Gasteiger partial charge in [0.25, 0.3) is 0 Å². The molecular formula is C22H30N4O2. The molecule has 0 radical (unpaired) electrons. The van der Waals surface area contributed by atoms with Crippen LogP contribution in [0, 0.1) is 11.8 Å². The van der Waals surface area contributed by atoms with E-state index in [2.05, 4.69) is 4.98 Å². The number of carbonyl (C=O) groups excluding carboxylic acids is 2. The first-order valence-corrected chi connectivity index (χ1v) is 10.6. The summed E-state index contributed by atoms with van der Waals surface area (Å²) in [5.41, 5.74) is 1.89. The summed E-state index contributed by atoms with van der Waals surface area (Å²) in [5, 5.41) is 0. The van der Waals surface area contributed by atoms with E-state index in [-0.39, 0.29) is 17.7 Å². The van der Waals surface area contributed by atoms with Crippen molar-refractivity contribution >= 4 is 17.5 Å². The Balaban J connectivity index is 1.38. The number of nitrogens with zero attached hydrogens (tertiary/aromatic N) is 4. The molecule has 0 bridgehead atoms. The fourth-order valence-corrected chi connectivity index (χ4v) is 4.71. The van der Waals surface area contributed by atoms with Crippen molar-refractivity contribution in [2.45, 2.75) is 51.5 Å². The molecule has 1 saturated carbocycles. The van der Waals surface area contributed by atoms with E-state index in [0.717, 1.165) is 17.9 Å². The number of aromatic nitrogens is 2. The lowest BCUT2D eigenvalue weighted by molar-refractivity contribution is -0.143. The fraction of sp³-hybridized carbons (Fsp3) is 0.591. The number of piperidine rings is 1. The van der Waals surface area contributed by atoms with Gasteiger partial charge in [0.05, 0.1) is 24.4 Å². The number of carbonyl (C=O) groups is 2. The van der Waals surface area contributed by atoms with Crippen molar-refractivity contribution in [3.05, 3.63) is 36.3 Å². The van der Waals surface area contributed by atoms with Gasteiger partial charge in [-0.3, -0.25) is 9.59 Å². The zero-order valence-corrected chi connectivity index (χ0v) is 16.7. The van der Waals surface area contributed by atoms with E-state index in [9.17, 15) is 9.59 Å². The van der Waals surface area contributed by atoms with Crippen LogP contribution in [0.2, 0.25) is 0 Å². The first-order chi connectivity index (χ1) is 13.6. The Morgan fingerprint density at radius 3 is 2.86 bits per heavy atom. The molecule has 2 aromatic heterocycles. The van der Waals surface area contributed by atoms with Crippen molar-refractivity contribution in [1.29, 1.82) is 0 Å². The quantitative estimate of drug-likeness (QED) is 0.798. The largest absolute Gasteiger partial charge is 0.342 e. The lowest BCUT2D eigenvalue weighted by Crippen LogP contribution is -2.47. The molecule has 0 aromatic carbocycles. The lowest BCUT2D eigenvalue weighted by Gasteiger charge is -2.36. The van der Waals surface area contributed by atoms with Gasteiger partial charge in [-0.2, -0.15) is 0 Å². The van der Waals surface area contributed by atoms with E-state index in [1.54, 1.807) is 4.90 Å². The molecule has 3 heterocycles. The van der Waals surface area contributed by atoms with E-state index < -0.39 is 0 Å². The Morgan fingerprint density at radius 2 is 2.04 bits per heavy atom. The second kappa shape index (κ2) is 8.33. The number of amides is 2. The molecule has 1 aliphatic carbocycles. The highest BCUT2D eigenvalue weighted by molar-refractivity contribution is 5.83. The molecule has 6 heteroatoms. The van der Waals surface area contributed by atoms with Crippen molar-refractivity contribution in [2.24, 2.45) is 11.8 Å². The SMILES string of the molecule is CN(Cc1cnc2ccccn12)C(=O)C1CCC(=O)N(CC2CCCCC2)C1. The predicted molar refractivity (Wildman–Crippen MR) is 108 cm³/mol. The van der Waals surface area contributed by atoms with Crippen LogP contribution in [0.1, 0.15) is 50.6 Å². The van der Waals surface area contributed by atoms with Crippen LogP contribution in [-0.2, 0) is 16.1 Å². The molecule has 150 valence electrons. The minimum atomic E-state index is -0.0922. The third-order valence-corrected chi connectivity index (χ3v) is 6.32. The monoisotopic (exact) mass is 382 g/mol. The topological polar surface area (TPSA) is 57.9 Å². The molecule has 2 aliphatic rings. The van der Waals surface area contributed by atoms with E-state index in [1.165, 1.54) is 32.1 Å². The third-order valence-electron chi connectivity index (χ3n) is 6.32. The number of imidazole rings is 1. The van der Waals surface area contributed by atoms with Crippen LogP contribution >= 0.6 is 0 Å². The Kier molecular flexibility index (Phi) is 5.64. The Bertz CT molecular complexity index is 840. The van der Waals surface area contributed by atoms with Crippen LogP contribution in [0.5, 0.6) is 0 Å². The molecule has 1 unspecified atom stereocenters. The molecule has 2 aromatic rings. The van der Waals surface area contributed by atoms with Gasteiger partial charge in [-0.25, -0.2) is 4.98 Å². The first-order valence-electron chi connectivity index (χ1n) is 10.6. The summed E-state index contributed by atoms with van der Waals surface area (Å²) >= 11 is 0. The molecule has 0 N–H and O–H groups in total. The average Bonchev–Trinajstić information content (AvgIpc) is 3.13. The maximum absolute atomic E-state index is 13.1. The highest BCUT2D eigenvalue weighted by atomic mass is 16.2. The standard InChI is InChI=1S/C22H30N4O2/c1-24(16-19-13-23-20-9-5-6-12-26(19)20)22(28)18-10-11-21(27)25(15-18)14-17-7-3-2-4-8-17/h5-6,9,12-13,17-18H,2-4,7-8,10-11,14-16H2,1H3. The highest BCUT2D eigenvalue weighted by Crippen LogP contribution is 2.27. The van der Waals surface area contributed by atoms with Gasteiger partial charge < -0.3 is 14.2 Å². The van der Waals surface area contributed by atoms with Gasteiger partial charge in [-0.1, -0.05) is 25.3 Å². The van der Waals surface area contributed by atoms with Crippen molar-refractivity contribution in [3.63, 3.8) is 0 Å². The molecule has 2 fully saturated rings. The number of fused-ring (bicyclic) bond motifs is 1. The maximum Gasteiger partial charge on any atom is 0.227 e. The number of likely N-dealkylation sites (tertiary alicyclic amines) is 1. The fourth-order valence-electron chi connectivity index (χ4n) is 4.71. The molecule has 1 atom stereocenters. The molecule has 1 aliphatic heterocycles. The Morgan fingerprint density at radius 1 is 1.21 bits per heavy atom. The number of hydrogen-bond donors (Lipinski definition) is 0. The smallest absolute Gasteiger partial charge is 0.227 e. The summed E-state index contributed by atoms with van der Waals surface area (Å²) in [4.78, 5) is 33.6. The van der Waals surface area contributed by atoms with Crippen LogP contribution in [0.15, 0.2) is 30.6 Å². The summed E-state index contributed by atoms with van der Waals surface area (Å²) in [7, 11) is 1.85. The molecule has 28 heavy (non-hydrogen) atoms. The minimum Gasteiger partial charge on any atom is -0.342 e. The maximum atomic E-state index is 13.1. The average molecular weight is 383 g/mol. The molecule has 1 saturated heterocycles. The summed E-state index contributed by atoms with van der Waals surface area (Å²) in [6.07, 6.45) is 11.3. The van der Waals surface area contributed by atoms with Crippen LogP contribution < -0.4 is 0 Å². The Hall–Kier alpha value is -2.37. The van der Waals surface area contributed by atoms with Crippen LogP contribution in [0.25, 0.3) is 5.65 Å². The van der Waals surface area contributed by atoms with Crippen LogP contribution in [0.4, 0.5) is 0 Å². The minimum absolute atomic E-state index is 0.0922. The van der Waals surface area contributed by atoms with Gasteiger partial charge in [0.1, 0.15) is 5.65 Å². The zero-order valence-electron chi connectivity index (χ0n) is 16.7. The molecule has 4 rings (SSSR count). The molecule has 0 spiro atoms. The zero-order chi connectivity index (χ0) is 19.5. The van der Waals surface area contributed by atoms with Gasteiger partial charge in [-0.15, -0.1) is 0 Å². The van der Waals surface area contributed by atoms with E-state index >= 15 is 0 Å². The second-order valence-corrected chi connectivity index (χ2v) is 8.41. The summed E-state index contributed by atoms with van der Waals surface area (Å²) in [6, 6.07) is 5.89. The molecule has 6 nitrogen and oxygen atoms in total. The summed E-state index contributed by atoms with van der Waals surface area (Å²) in [5.74, 6) is 0.874. The molecular weight excluding hydrogens is 352 g/mol. The van der Waals surface area contributed by atoms with Gasteiger partial charge in [0.15, 0.2) is 0 Å². The van der Waals surface area contributed by atoms with Crippen molar-refractivity contribution in [2.75, 3.05) is 20.1 Å². The molecule has 2 amide bonds. The first kappa shape index (κ1) is 19.0. The van der Waals surface area contributed by atoms with Crippen molar-refractivity contribution in [1.82, 2.24) is 19.2 Å². The third kappa shape index (κ3) is 4.05.